The molecule has 0 bridgehead atoms. The van der Waals surface area contributed by atoms with Crippen LogP contribution in [-0.2, 0) is 9.47 Å². The molecule has 3 aromatic carbocycles. The first-order valence-corrected chi connectivity index (χ1v) is 10.6. The number of benzene rings is 3. The fourth-order valence-electron chi connectivity index (χ4n) is 3.58. The van der Waals surface area contributed by atoms with Crippen LogP contribution in [0.4, 0.5) is 17.6 Å². The molecule has 0 aliphatic carbocycles. The number of aryl methyl sites for hydroxylation is 1. The van der Waals surface area contributed by atoms with E-state index in [4.69, 9.17) is 9.47 Å². The lowest BCUT2D eigenvalue weighted by molar-refractivity contribution is -0.176. The minimum Gasteiger partial charge on any atom is -0.352 e. The van der Waals surface area contributed by atoms with Gasteiger partial charge in [-0.3, -0.25) is 0 Å². The minimum absolute atomic E-state index is 0.0874. The summed E-state index contributed by atoms with van der Waals surface area (Å²) >= 11 is 0. The molecule has 1 aliphatic heterocycles. The predicted molar refractivity (Wildman–Crippen MR) is 117 cm³/mol. The first-order chi connectivity index (χ1) is 15.4. The lowest BCUT2D eigenvalue weighted by Crippen LogP contribution is -2.29. The molecule has 4 rings (SSSR count). The van der Waals surface area contributed by atoms with Crippen LogP contribution >= 0.6 is 0 Å². The summed E-state index contributed by atoms with van der Waals surface area (Å²) in [6.07, 6.45) is -0.362. The van der Waals surface area contributed by atoms with E-state index in [9.17, 15) is 17.6 Å². The molecule has 1 aliphatic rings. The van der Waals surface area contributed by atoms with Gasteiger partial charge in [0.15, 0.2) is 29.6 Å². The van der Waals surface area contributed by atoms with Crippen LogP contribution in [-0.4, -0.2) is 19.5 Å². The van der Waals surface area contributed by atoms with Crippen molar-refractivity contribution in [3.05, 3.63) is 82.9 Å². The van der Waals surface area contributed by atoms with Crippen molar-refractivity contribution in [3.8, 4) is 22.3 Å². The summed E-state index contributed by atoms with van der Waals surface area (Å²) in [5.41, 5.74) is 1.49. The van der Waals surface area contributed by atoms with E-state index in [-0.39, 0.29) is 47.7 Å². The van der Waals surface area contributed by atoms with Gasteiger partial charge in [-0.05, 0) is 36.1 Å². The maximum absolute atomic E-state index is 14.8. The molecule has 0 atom stereocenters. The molecule has 0 aromatic heterocycles. The lowest BCUT2D eigenvalue weighted by Gasteiger charge is -2.28. The van der Waals surface area contributed by atoms with E-state index in [2.05, 4.69) is 0 Å². The molecule has 0 saturated carbocycles. The first kappa shape index (κ1) is 24.0. The number of halogens is 4. The van der Waals surface area contributed by atoms with Crippen molar-refractivity contribution in [1.82, 2.24) is 0 Å². The molecular weight excluding hydrogens is 420 g/mol. The fraction of sp³-hybridized carbons (Fsp3) is 0.308. The summed E-state index contributed by atoms with van der Waals surface area (Å²) in [4.78, 5) is 0. The van der Waals surface area contributed by atoms with Crippen molar-refractivity contribution in [2.24, 2.45) is 0 Å². The Morgan fingerprint density at radius 1 is 0.656 bits per heavy atom. The highest BCUT2D eigenvalue weighted by Gasteiger charge is 2.26. The second-order valence-corrected chi connectivity index (χ2v) is 7.40. The van der Waals surface area contributed by atoms with E-state index in [1.807, 2.05) is 13.8 Å². The zero-order chi connectivity index (χ0) is 23.4. The monoisotopic (exact) mass is 446 g/mol. The largest absolute Gasteiger partial charge is 0.352 e. The summed E-state index contributed by atoms with van der Waals surface area (Å²) < 4.78 is 68.3. The van der Waals surface area contributed by atoms with Crippen LogP contribution in [0.5, 0.6) is 0 Å². The smallest absolute Gasteiger partial charge is 0.166 e. The van der Waals surface area contributed by atoms with E-state index < -0.39 is 23.3 Å². The maximum Gasteiger partial charge on any atom is 0.166 e. The van der Waals surface area contributed by atoms with Crippen LogP contribution in [0.3, 0.4) is 0 Å². The summed E-state index contributed by atoms with van der Waals surface area (Å²) in [6.45, 7) is 7.74. The minimum atomic E-state index is -0.966. The van der Waals surface area contributed by atoms with Crippen LogP contribution in [0.15, 0.2) is 48.5 Å². The van der Waals surface area contributed by atoms with E-state index in [1.165, 1.54) is 31.2 Å². The van der Waals surface area contributed by atoms with Crippen LogP contribution in [0.2, 0.25) is 0 Å². The van der Waals surface area contributed by atoms with E-state index in [0.717, 1.165) is 0 Å². The molecule has 6 heteroatoms. The number of hydrogen-bond donors (Lipinski definition) is 0. The zero-order valence-corrected chi connectivity index (χ0v) is 18.5. The zero-order valence-electron chi connectivity index (χ0n) is 18.5. The van der Waals surface area contributed by atoms with Gasteiger partial charge in [-0.2, -0.15) is 0 Å². The van der Waals surface area contributed by atoms with Gasteiger partial charge in [0.25, 0.3) is 0 Å². The van der Waals surface area contributed by atoms with Crippen molar-refractivity contribution in [2.75, 3.05) is 13.2 Å². The van der Waals surface area contributed by atoms with E-state index in [0.29, 0.717) is 11.1 Å². The lowest BCUT2D eigenvalue weighted by atomic mass is 9.94. The van der Waals surface area contributed by atoms with Crippen LogP contribution < -0.4 is 0 Å². The molecule has 0 spiro atoms. The Kier molecular flexibility index (Phi) is 7.69. The highest BCUT2D eigenvalue weighted by atomic mass is 19.2. The average Bonchev–Trinajstić information content (AvgIpc) is 2.82. The second-order valence-electron chi connectivity index (χ2n) is 7.40. The quantitative estimate of drug-likeness (QED) is 0.391. The maximum atomic E-state index is 14.8. The third-order valence-corrected chi connectivity index (χ3v) is 5.40. The molecule has 0 N–H and O–H groups in total. The molecule has 32 heavy (non-hydrogen) atoms. The third kappa shape index (κ3) is 4.71. The number of rotatable bonds is 3. The highest BCUT2D eigenvalue weighted by Crippen LogP contribution is 2.33. The van der Waals surface area contributed by atoms with Gasteiger partial charge >= 0.3 is 0 Å². The van der Waals surface area contributed by atoms with Gasteiger partial charge in [0, 0.05) is 17.0 Å². The summed E-state index contributed by atoms with van der Waals surface area (Å²) in [5.74, 6) is -4.12. The molecule has 1 fully saturated rings. The molecule has 1 saturated heterocycles. The summed E-state index contributed by atoms with van der Waals surface area (Å²) in [7, 11) is 0. The second kappa shape index (κ2) is 10.3. The molecule has 0 amide bonds. The SMILES string of the molecule is CC.Cc1ccc(-c2ccc(-c3ccc(C4COC(C)OC4)c(F)c3F)cc2)c(F)c1F. The Labute approximate surface area is 185 Å². The van der Waals surface area contributed by atoms with Crippen molar-refractivity contribution in [2.45, 2.75) is 39.9 Å². The predicted octanol–water partition coefficient (Wildman–Crippen LogP) is 7.39. The summed E-state index contributed by atoms with van der Waals surface area (Å²) in [6, 6.07) is 12.2. The van der Waals surface area contributed by atoms with Crippen LogP contribution in [0.25, 0.3) is 22.3 Å². The molecule has 170 valence electrons. The average molecular weight is 446 g/mol. The Morgan fingerprint density at radius 3 is 1.66 bits per heavy atom. The third-order valence-electron chi connectivity index (χ3n) is 5.40. The molecule has 3 aromatic rings. The van der Waals surface area contributed by atoms with Gasteiger partial charge in [-0.15, -0.1) is 0 Å². The topological polar surface area (TPSA) is 18.5 Å². The van der Waals surface area contributed by atoms with Crippen molar-refractivity contribution >= 4 is 0 Å². The van der Waals surface area contributed by atoms with Gasteiger partial charge in [0.1, 0.15) is 0 Å². The Bertz CT molecular complexity index is 1070. The molecule has 0 radical (unpaired) electrons. The molecule has 2 nitrogen and oxygen atoms in total. The number of hydrogen-bond acceptors (Lipinski definition) is 2. The normalized spacial score (nSPS) is 18.1. The van der Waals surface area contributed by atoms with Crippen molar-refractivity contribution in [3.63, 3.8) is 0 Å². The molecule has 1 heterocycles. The molecule has 0 unspecified atom stereocenters. The van der Waals surface area contributed by atoms with E-state index in [1.54, 1.807) is 31.2 Å². The van der Waals surface area contributed by atoms with Gasteiger partial charge in [-0.25, -0.2) is 17.6 Å². The van der Waals surface area contributed by atoms with Crippen LogP contribution in [0.1, 0.15) is 37.8 Å². The first-order valence-electron chi connectivity index (χ1n) is 10.6. The Hall–Kier alpha value is -2.70. The Morgan fingerprint density at radius 2 is 1.12 bits per heavy atom. The van der Waals surface area contributed by atoms with Gasteiger partial charge in [-0.1, -0.05) is 62.4 Å². The van der Waals surface area contributed by atoms with Gasteiger partial charge in [0.2, 0.25) is 0 Å². The number of ether oxygens (including phenoxy) is 2. The van der Waals surface area contributed by atoms with Crippen molar-refractivity contribution < 1.29 is 27.0 Å². The van der Waals surface area contributed by atoms with Crippen LogP contribution in [0, 0.1) is 30.2 Å². The fourth-order valence-corrected chi connectivity index (χ4v) is 3.58. The summed E-state index contributed by atoms with van der Waals surface area (Å²) in [5, 5.41) is 0. The van der Waals surface area contributed by atoms with E-state index >= 15 is 0 Å². The molecular formula is C26H26F4O2. The highest BCUT2D eigenvalue weighted by molar-refractivity contribution is 5.71. The standard InChI is InChI=1S/C24H20F4O2.C2H6/c1-13-3-8-18(22(26)21(13)25)15-4-6-16(7-5-15)19-9-10-20(24(28)23(19)27)17-11-29-14(2)30-12-17;1-2/h3-10,14,17H,11-12H2,1-2H3;1-2H3. The van der Waals surface area contributed by atoms with Gasteiger partial charge < -0.3 is 9.47 Å². The Balaban J connectivity index is 0.00000141. The van der Waals surface area contributed by atoms with Crippen molar-refractivity contribution in [1.29, 1.82) is 0 Å². The van der Waals surface area contributed by atoms with Gasteiger partial charge in [0.05, 0.1) is 13.2 Å².